The minimum absolute atomic E-state index is 0.232. The van der Waals surface area contributed by atoms with Gasteiger partial charge < -0.3 is 15.3 Å². The Morgan fingerprint density at radius 1 is 1.50 bits per heavy atom. The number of benzene rings is 1. The van der Waals surface area contributed by atoms with E-state index >= 15 is 0 Å². The minimum atomic E-state index is 0.232. The van der Waals surface area contributed by atoms with Gasteiger partial charge in [-0.2, -0.15) is 0 Å². The van der Waals surface area contributed by atoms with Gasteiger partial charge in [0.15, 0.2) is 0 Å². The molecule has 2 rings (SSSR count). The summed E-state index contributed by atoms with van der Waals surface area (Å²) in [5.74, 6) is 0. The van der Waals surface area contributed by atoms with Crippen molar-refractivity contribution in [1.29, 1.82) is 0 Å². The van der Waals surface area contributed by atoms with E-state index in [0.29, 0.717) is 12.1 Å². The quantitative estimate of drug-likeness (QED) is 0.883. The first-order valence-electron chi connectivity index (χ1n) is 6.57. The zero-order chi connectivity index (χ0) is 13.0. The predicted molar refractivity (Wildman–Crippen MR) is 76.4 cm³/mol. The predicted octanol–water partition coefficient (Wildman–Crippen LogP) is 2.28. The maximum Gasteiger partial charge on any atom is 0.0446 e. The lowest BCUT2D eigenvalue weighted by molar-refractivity contribution is 0.267. The molecular weight excluding hydrogens is 248 g/mol. The van der Waals surface area contributed by atoms with Gasteiger partial charge >= 0.3 is 0 Å². The summed E-state index contributed by atoms with van der Waals surface area (Å²) in [5, 5.41) is 13.4. The molecule has 1 saturated heterocycles. The lowest BCUT2D eigenvalue weighted by Gasteiger charge is -2.31. The van der Waals surface area contributed by atoms with Crippen LogP contribution in [-0.2, 0) is 0 Å². The average molecular weight is 269 g/mol. The SMILES string of the molecule is CC1CCNC(CCO)CN1c1cccc(Cl)c1. The summed E-state index contributed by atoms with van der Waals surface area (Å²) >= 11 is 6.07. The van der Waals surface area contributed by atoms with Crippen LogP contribution in [0.1, 0.15) is 19.8 Å². The molecule has 0 bridgehead atoms. The fraction of sp³-hybridized carbons (Fsp3) is 0.571. The molecule has 4 heteroatoms. The van der Waals surface area contributed by atoms with Crippen molar-refractivity contribution in [2.45, 2.75) is 31.8 Å². The zero-order valence-electron chi connectivity index (χ0n) is 10.8. The van der Waals surface area contributed by atoms with Gasteiger partial charge in [-0.05, 0) is 44.5 Å². The number of aliphatic hydroxyl groups is 1. The van der Waals surface area contributed by atoms with E-state index in [1.165, 1.54) is 5.69 Å². The number of hydrogen-bond donors (Lipinski definition) is 2. The Hall–Kier alpha value is -0.770. The maximum absolute atomic E-state index is 9.10. The first-order chi connectivity index (χ1) is 8.70. The van der Waals surface area contributed by atoms with Gasteiger partial charge in [0.25, 0.3) is 0 Å². The molecular formula is C14H21ClN2O. The highest BCUT2D eigenvalue weighted by atomic mass is 35.5. The molecule has 2 atom stereocenters. The third-order valence-corrected chi connectivity index (χ3v) is 3.80. The van der Waals surface area contributed by atoms with Gasteiger partial charge in [0.1, 0.15) is 0 Å². The molecule has 0 spiro atoms. The Bertz CT molecular complexity index is 386. The Balaban J connectivity index is 2.16. The van der Waals surface area contributed by atoms with Crippen molar-refractivity contribution < 1.29 is 5.11 Å². The molecule has 1 aliphatic rings. The van der Waals surface area contributed by atoms with Crippen LogP contribution in [0.2, 0.25) is 5.02 Å². The van der Waals surface area contributed by atoms with Crippen molar-refractivity contribution in [3.63, 3.8) is 0 Å². The molecule has 0 amide bonds. The van der Waals surface area contributed by atoms with E-state index in [-0.39, 0.29) is 6.61 Å². The van der Waals surface area contributed by atoms with E-state index in [1.807, 2.05) is 18.2 Å². The largest absolute Gasteiger partial charge is 0.396 e. The second-order valence-electron chi connectivity index (χ2n) is 4.93. The summed E-state index contributed by atoms with van der Waals surface area (Å²) in [6.07, 6.45) is 1.90. The molecule has 100 valence electrons. The molecule has 1 fully saturated rings. The molecule has 0 aromatic heterocycles. The van der Waals surface area contributed by atoms with Crippen LogP contribution < -0.4 is 10.2 Å². The highest BCUT2D eigenvalue weighted by Gasteiger charge is 2.22. The van der Waals surface area contributed by atoms with Crippen LogP contribution >= 0.6 is 11.6 Å². The summed E-state index contributed by atoms with van der Waals surface area (Å²) in [5.41, 5.74) is 1.17. The number of anilines is 1. The molecule has 2 unspecified atom stereocenters. The van der Waals surface area contributed by atoms with E-state index in [0.717, 1.165) is 31.0 Å². The van der Waals surface area contributed by atoms with Gasteiger partial charge in [-0.3, -0.25) is 0 Å². The molecule has 1 aliphatic heterocycles. The molecule has 2 N–H and O–H groups in total. The lowest BCUT2D eigenvalue weighted by Crippen LogP contribution is -2.40. The van der Waals surface area contributed by atoms with E-state index in [4.69, 9.17) is 16.7 Å². The van der Waals surface area contributed by atoms with Gasteiger partial charge in [0, 0.05) is 35.9 Å². The number of hydrogen-bond acceptors (Lipinski definition) is 3. The van der Waals surface area contributed by atoms with Crippen LogP contribution in [0.5, 0.6) is 0 Å². The Labute approximate surface area is 114 Å². The molecule has 0 radical (unpaired) electrons. The topological polar surface area (TPSA) is 35.5 Å². The second-order valence-corrected chi connectivity index (χ2v) is 5.37. The van der Waals surface area contributed by atoms with Crippen LogP contribution in [-0.4, -0.2) is 36.9 Å². The monoisotopic (exact) mass is 268 g/mol. The minimum Gasteiger partial charge on any atom is -0.396 e. The second kappa shape index (κ2) is 6.41. The molecule has 0 aliphatic carbocycles. The summed E-state index contributed by atoms with van der Waals surface area (Å²) < 4.78 is 0. The molecule has 0 saturated carbocycles. The first-order valence-corrected chi connectivity index (χ1v) is 6.95. The number of nitrogens with one attached hydrogen (secondary N) is 1. The van der Waals surface area contributed by atoms with E-state index in [2.05, 4.69) is 23.2 Å². The molecule has 1 aromatic carbocycles. The first kappa shape index (κ1) is 13.7. The van der Waals surface area contributed by atoms with Gasteiger partial charge in [-0.15, -0.1) is 0 Å². The number of aliphatic hydroxyl groups excluding tert-OH is 1. The van der Waals surface area contributed by atoms with Crippen molar-refractivity contribution in [3.05, 3.63) is 29.3 Å². The van der Waals surface area contributed by atoms with Gasteiger partial charge in [0.2, 0.25) is 0 Å². The van der Waals surface area contributed by atoms with Crippen molar-refractivity contribution in [2.24, 2.45) is 0 Å². The van der Waals surface area contributed by atoms with E-state index < -0.39 is 0 Å². The van der Waals surface area contributed by atoms with Gasteiger partial charge in [0.05, 0.1) is 0 Å². The van der Waals surface area contributed by atoms with Crippen molar-refractivity contribution >= 4 is 17.3 Å². The van der Waals surface area contributed by atoms with Crippen LogP contribution in [0.4, 0.5) is 5.69 Å². The summed E-state index contributed by atoms with van der Waals surface area (Å²) in [6.45, 7) is 4.39. The van der Waals surface area contributed by atoms with Crippen LogP contribution in [0.3, 0.4) is 0 Å². The van der Waals surface area contributed by atoms with Crippen LogP contribution in [0, 0.1) is 0 Å². The van der Waals surface area contributed by atoms with E-state index in [9.17, 15) is 0 Å². The van der Waals surface area contributed by atoms with Crippen molar-refractivity contribution in [3.8, 4) is 0 Å². The molecule has 3 nitrogen and oxygen atoms in total. The fourth-order valence-corrected chi connectivity index (χ4v) is 2.68. The molecule has 1 heterocycles. The van der Waals surface area contributed by atoms with Gasteiger partial charge in [-0.1, -0.05) is 17.7 Å². The van der Waals surface area contributed by atoms with Gasteiger partial charge in [-0.25, -0.2) is 0 Å². The fourth-order valence-electron chi connectivity index (χ4n) is 2.50. The van der Waals surface area contributed by atoms with Crippen LogP contribution in [0.25, 0.3) is 0 Å². The molecule has 1 aromatic rings. The number of halogens is 1. The maximum atomic E-state index is 9.10. The Morgan fingerprint density at radius 3 is 3.06 bits per heavy atom. The zero-order valence-corrected chi connectivity index (χ0v) is 11.5. The third-order valence-electron chi connectivity index (χ3n) is 3.56. The summed E-state index contributed by atoms with van der Waals surface area (Å²) in [6, 6.07) is 8.84. The van der Waals surface area contributed by atoms with E-state index in [1.54, 1.807) is 0 Å². The van der Waals surface area contributed by atoms with Crippen LogP contribution in [0.15, 0.2) is 24.3 Å². The third kappa shape index (κ3) is 3.37. The Kier molecular flexibility index (Phi) is 4.87. The summed E-state index contributed by atoms with van der Waals surface area (Å²) in [7, 11) is 0. The van der Waals surface area contributed by atoms with Crippen molar-refractivity contribution in [2.75, 3.05) is 24.6 Å². The lowest BCUT2D eigenvalue weighted by atomic mass is 10.1. The Morgan fingerprint density at radius 2 is 2.33 bits per heavy atom. The smallest absolute Gasteiger partial charge is 0.0446 e. The summed E-state index contributed by atoms with van der Waals surface area (Å²) in [4.78, 5) is 2.38. The standard InChI is InChI=1S/C14H21ClN2O/c1-11-5-7-16-13(6-8-18)10-17(11)14-4-2-3-12(15)9-14/h2-4,9,11,13,16,18H,5-8,10H2,1H3. The normalized spacial score (nSPS) is 24.9. The number of rotatable bonds is 3. The average Bonchev–Trinajstić information content (AvgIpc) is 2.52. The highest BCUT2D eigenvalue weighted by molar-refractivity contribution is 6.30. The highest BCUT2D eigenvalue weighted by Crippen LogP contribution is 2.24. The molecule has 18 heavy (non-hydrogen) atoms. The number of nitrogens with zero attached hydrogens (tertiary/aromatic N) is 1. The van der Waals surface area contributed by atoms with Crippen molar-refractivity contribution in [1.82, 2.24) is 5.32 Å².